The third-order valence-electron chi connectivity index (χ3n) is 5.20. The first-order valence-corrected chi connectivity index (χ1v) is 10.4. The molecule has 0 unspecified atom stereocenters. The number of fused-ring (bicyclic) bond motifs is 2. The molecule has 0 bridgehead atoms. The molecule has 9 nitrogen and oxygen atoms in total. The van der Waals surface area contributed by atoms with Crippen molar-refractivity contribution >= 4 is 17.2 Å². The number of nitrogens with one attached hydrogen (secondary N) is 4. The Labute approximate surface area is 181 Å². The summed E-state index contributed by atoms with van der Waals surface area (Å²) in [5.41, 5.74) is 3.23. The lowest BCUT2D eigenvalue weighted by atomic mass is 9.82. The van der Waals surface area contributed by atoms with E-state index in [1.54, 1.807) is 0 Å². The zero-order chi connectivity index (χ0) is 22.2. The van der Waals surface area contributed by atoms with Crippen LogP contribution in [0.4, 0.5) is 11.4 Å². The van der Waals surface area contributed by atoms with E-state index in [1.807, 2.05) is 12.1 Å². The lowest BCUT2D eigenvalue weighted by molar-refractivity contribution is 0.103. The van der Waals surface area contributed by atoms with Gasteiger partial charge in [-0.25, -0.2) is 0 Å². The van der Waals surface area contributed by atoms with E-state index in [-0.39, 0.29) is 36.1 Å². The van der Waals surface area contributed by atoms with E-state index < -0.39 is 0 Å². The zero-order valence-corrected chi connectivity index (χ0v) is 17.4. The second-order valence-corrected chi connectivity index (χ2v) is 7.28. The number of benzene rings is 2. The van der Waals surface area contributed by atoms with Gasteiger partial charge in [0, 0.05) is 62.6 Å². The van der Waals surface area contributed by atoms with E-state index in [9.17, 15) is 15.0 Å². The highest BCUT2D eigenvalue weighted by molar-refractivity contribution is 6.18. The van der Waals surface area contributed by atoms with Gasteiger partial charge in [0.1, 0.15) is 11.5 Å². The minimum absolute atomic E-state index is 0.0195. The monoisotopic (exact) mass is 430 g/mol. The highest BCUT2D eigenvalue weighted by atomic mass is 16.3. The van der Waals surface area contributed by atoms with E-state index in [1.165, 1.54) is 12.1 Å². The Hall–Kier alpha value is -2.85. The number of anilines is 2. The molecule has 0 aromatic heterocycles. The molecule has 0 saturated heterocycles. The first-order chi connectivity index (χ1) is 15.1. The van der Waals surface area contributed by atoms with Gasteiger partial charge in [-0.3, -0.25) is 4.79 Å². The van der Waals surface area contributed by atoms with Gasteiger partial charge in [-0.15, -0.1) is 0 Å². The predicted octanol–water partition coefficient (Wildman–Crippen LogP) is 0.221. The van der Waals surface area contributed by atoms with Crippen molar-refractivity contribution in [2.45, 2.75) is 6.42 Å². The molecular weight excluding hydrogens is 400 g/mol. The molecule has 168 valence electrons. The molecule has 1 aliphatic carbocycles. The van der Waals surface area contributed by atoms with Crippen molar-refractivity contribution in [2.24, 2.45) is 0 Å². The van der Waals surface area contributed by atoms with Crippen molar-refractivity contribution in [1.29, 1.82) is 0 Å². The molecule has 1 aliphatic rings. The fourth-order valence-corrected chi connectivity index (χ4v) is 3.74. The number of hydrogen-bond acceptors (Lipinski definition) is 9. The number of carbonyl (C=O) groups is 1. The molecule has 0 heterocycles. The minimum Gasteiger partial charge on any atom is -0.508 e. The lowest BCUT2D eigenvalue weighted by Crippen LogP contribution is -2.27. The van der Waals surface area contributed by atoms with Crippen molar-refractivity contribution in [3.63, 3.8) is 0 Å². The minimum atomic E-state index is -0.336. The Morgan fingerprint density at radius 1 is 0.677 bits per heavy atom. The molecule has 2 aromatic carbocycles. The summed E-state index contributed by atoms with van der Waals surface area (Å²) in [7, 11) is 0. The maximum absolute atomic E-state index is 13.4. The highest BCUT2D eigenvalue weighted by Crippen LogP contribution is 2.42. The average Bonchev–Trinajstić information content (AvgIpc) is 2.76. The van der Waals surface area contributed by atoms with Gasteiger partial charge in [0.2, 0.25) is 0 Å². The Kier molecular flexibility index (Phi) is 8.07. The smallest absolute Gasteiger partial charge is 0.199 e. The predicted molar refractivity (Wildman–Crippen MR) is 119 cm³/mol. The van der Waals surface area contributed by atoms with Crippen LogP contribution in [-0.2, 0) is 6.42 Å². The van der Waals surface area contributed by atoms with Crippen LogP contribution in [0.2, 0.25) is 0 Å². The fraction of sp³-hybridized carbons (Fsp3) is 0.409. The van der Waals surface area contributed by atoms with E-state index in [0.29, 0.717) is 62.5 Å². The number of aliphatic hydroxyl groups excluding tert-OH is 2. The molecule has 9 heteroatoms. The van der Waals surface area contributed by atoms with Crippen molar-refractivity contribution in [2.75, 3.05) is 63.1 Å². The van der Waals surface area contributed by atoms with Gasteiger partial charge in [0.25, 0.3) is 0 Å². The Bertz CT molecular complexity index is 919. The van der Waals surface area contributed by atoms with Crippen LogP contribution in [0.25, 0.3) is 0 Å². The zero-order valence-electron chi connectivity index (χ0n) is 17.4. The largest absolute Gasteiger partial charge is 0.508 e. The number of phenols is 2. The van der Waals surface area contributed by atoms with Crippen LogP contribution < -0.4 is 21.3 Å². The molecule has 0 fully saturated rings. The molecular formula is C22H30N4O5. The number of rotatable bonds is 12. The number of aromatic hydroxyl groups is 2. The van der Waals surface area contributed by atoms with Crippen LogP contribution in [0, 0.1) is 0 Å². The summed E-state index contributed by atoms with van der Waals surface area (Å²) in [5, 5.41) is 51.1. The number of carbonyl (C=O) groups excluding carboxylic acids is 1. The highest BCUT2D eigenvalue weighted by Gasteiger charge is 2.32. The first kappa shape index (κ1) is 22.8. The van der Waals surface area contributed by atoms with E-state index in [0.717, 1.165) is 11.3 Å². The Morgan fingerprint density at radius 3 is 1.90 bits per heavy atom. The van der Waals surface area contributed by atoms with Gasteiger partial charge in [0.05, 0.1) is 24.3 Å². The molecule has 0 saturated carbocycles. The van der Waals surface area contributed by atoms with Crippen LogP contribution in [0.3, 0.4) is 0 Å². The van der Waals surface area contributed by atoms with Gasteiger partial charge < -0.3 is 41.7 Å². The molecule has 0 atom stereocenters. The first-order valence-electron chi connectivity index (χ1n) is 10.4. The van der Waals surface area contributed by atoms with E-state index >= 15 is 0 Å². The van der Waals surface area contributed by atoms with Gasteiger partial charge in [-0.2, -0.15) is 0 Å². The standard InChI is InChI=1S/C22H30N4O5/c27-11-9-23-5-7-25-16-1-2-17(26-8-6-24-10-12-28)20-14(16)13-15-18(29)3-4-19(30)21(15)22(20)31/h1-4,23-30H,5-13H2. The molecule has 0 spiro atoms. The van der Waals surface area contributed by atoms with Crippen molar-refractivity contribution in [3.8, 4) is 11.5 Å². The average molecular weight is 431 g/mol. The molecule has 2 aromatic rings. The molecule has 8 N–H and O–H groups in total. The van der Waals surface area contributed by atoms with E-state index in [2.05, 4.69) is 21.3 Å². The molecule has 31 heavy (non-hydrogen) atoms. The third kappa shape index (κ3) is 5.26. The van der Waals surface area contributed by atoms with E-state index in [4.69, 9.17) is 10.2 Å². The SMILES string of the molecule is O=C1c2c(O)ccc(O)c2Cc2c(NCCNCCO)ccc(NCCNCCO)c21. The number of ketones is 1. The maximum atomic E-state index is 13.4. The molecule has 3 rings (SSSR count). The fourth-order valence-electron chi connectivity index (χ4n) is 3.74. The summed E-state index contributed by atoms with van der Waals surface area (Å²) in [6.45, 7) is 3.52. The summed E-state index contributed by atoms with van der Waals surface area (Å²) in [6, 6.07) is 6.45. The Morgan fingerprint density at radius 2 is 1.26 bits per heavy atom. The Balaban J connectivity index is 1.89. The van der Waals surface area contributed by atoms with Gasteiger partial charge >= 0.3 is 0 Å². The summed E-state index contributed by atoms with van der Waals surface area (Å²) >= 11 is 0. The molecule has 0 aliphatic heterocycles. The number of hydrogen-bond donors (Lipinski definition) is 8. The number of phenolic OH excluding ortho intramolecular Hbond substituents is 2. The normalized spacial score (nSPS) is 12.4. The van der Waals surface area contributed by atoms with Crippen LogP contribution in [0.15, 0.2) is 24.3 Å². The third-order valence-corrected chi connectivity index (χ3v) is 5.20. The summed E-state index contributed by atoms with van der Waals surface area (Å²) in [6.07, 6.45) is 0.307. The summed E-state index contributed by atoms with van der Waals surface area (Å²) < 4.78 is 0. The summed E-state index contributed by atoms with van der Waals surface area (Å²) in [4.78, 5) is 13.4. The van der Waals surface area contributed by atoms with Gasteiger partial charge in [-0.05, 0) is 29.8 Å². The second kappa shape index (κ2) is 11.0. The second-order valence-electron chi connectivity index (χ2n) is 7.28. The van der Waals surface area contributed by atoms with Crippen molar-refractivity contribution < 1.29 is 25.2 Å². The lowest BCUT2D eigenvalue weighted by Gasteiger charge is -2.26. The maximum Gasteiger partial charge on any atom is 0.199 e. The van der Waals surface area contributed by atoms with Crippen LogP contribution >= 0.6 is 0 Å². The molecule has 0 amide bonds. The quantitative estimate of drug-likeness (QED) is 0.149. The van der Waals surface area contributed by atoms with Crippen molar-refractivity contribution in [3.05, 3.63) is 46.5 Å². The van der Waals surface area contributed by atoms with Crippen LogP contribution in [0.5, 0.6) is 11.5 Å². The van der Waals surface area contributed by atoms with Crippen LogP contribution in [-0.4, -0.2) is 78.7 Å². The van der Waals surface area contributed by atoms with Gasteiger partial charge in [-0.1, -0.05) is 0 Å². The van der Waals surface area contributed by atoms with Crippen molar-refractivity contribution in [1.82, 2.24) is 10.6 Å². The van der Waals surface area contributed by atoms with Crippen LogP contribution in [0.1, 0.15) is 27.0 Å². The topological polar surface area (TPSA) is 146 Å². The van der Waals surface area contributed by atoms with Gasteiger partial charge in [0.15, 0.2) is 5.78 Å². The summed E-state index contributed by atoms with van der Waals surface area (Å²) in [5.74, 6) is -0.503. The number of aliphatic hydroxyl groups is 2. The molecule has 0 radical (unpaired) electrons.